The van der Waals surface area contributed by atoms with E-state index in [-0.39, 0.29) is 5.91 Å². The van der Waals surface area contributed by atoms with E-state index in [0.29, 0.717) is 16.6 Å². The Balaban J connectivity index is 1.55. The van der Waals surface area contributed by atoms with Crippen molar-refractivity contribution in [2.75, 3.05) is 0 Å². The minimum atomic E-state index is -0.495. The zero-order valence-electron chi connectivity index (χ0n) is 17.2. The summed E-state index contributed by atoms with van der Waals surface area (Å²) >= 11 is 1.50. The molecule has 0 aliphatic carbocycles. The van der Waals surface area contributed by atoms with E-state index in [9.17, 15) is 4.79 Å². The van der Waals surface area contributed by atoms with Gasteiger partial charge in [-0.1, -0.05) is 65.9 Å². The SMILES string of the molecule is Cc1ccc(CSC2=NN3C(=c4ccccc4=N[C@@H]3c3cccc(C)n3)C(=O)N2)cc1. The Labute approximate surface area is 184 Å². The normalized spacial score (nSPS) is 17.3. The fourth-order valence-corrected chi connectivity index (χ4v) is 4.44. The summed E-state index contributed by atoms with van der Waals surface area (Å²) in [6, 6.07) is 21.8. The molecule has 7 heteroatoms. The third kappa shape index (κ3) is 3.84. The van der Waals surface area contributed by atoms with Crippen LogP contribution in [0.15, 0.2) is 76.8 Å². The molecule has 2 aliphatic rings. The number of rotatable bonds is 3. The van der Waals surface area contributed by atoms with Gasteiger partial charge < -0.3 is 0 Å². The lowest BCUT2D eigenvalue weighted by Gasteiger charge is -2.33. The predicted octanol–water partition coefficient (Wildman–Crippen LogP) is 2.77. The summed E-state index contributed by atoms with van der Waals surface area (Å²) in [7, 11) is 0. The summed E-state index contributed by atoms with van der Waals surface area (Å²) in [6.45, 7) is 4.01. The molecule has 1 N–H and O–H groups in total. The molecule has 1 aromatic heterocycles. The minimum Gasteiger partial charge on any atom is -0.298 e. The number of carbonyl (C=O) groups is 1. The summed E-state index contributed by atoms with van der Waals surface area (Å²) in [5.74, 6) is 0.533. The van der Waals surface area contributed by atoms with E-state index in [2.05, 4.69) is 41.5 Å². The maximum Gasteiger partial charge on any atom is 0.276 e. The molecule has 0 bridgehead atoms. The Bertz CT molecular complexity index is 1320. The van der Waals surface area contributed by atoms with Gasteiger partial charge in [-0.15, -0.1) is 5.10 Å². The van der Waals surface area contributed by atoms with Crippen molar-refractivity contribution in [1.29, 1.82) is 0 Å². The lowest BCUT2D eigenvalue weighted by molar-refractivity contribution is -0.116. The van der Waals surface area contributed by atoms with E-state index in [1.54, 1.807) is 5.01 Å². The van der Waals surface area contributed by atoms with Gasteiger partial charge in [0.15, 0.2) is 11.3 Å². The van der Waals surface area contributed by atoms with Gasteiger partial charge in [0.05, 0.1) is 11.1 Å². The first-order valence-corrected chi connectivity index (χ1v) is 11.1. The molecule has 0 saturated carbocycles. The second-order valence-electron chi connectivity index (χ2n) is 7.55. The molecule has 3 aromatic rings. The summed E-state index contributed by atoms with van der Waals surface area (Å²) in [4.78, 5) is 22.7. The van der Waals surface area contributed by atoms with E-state index in [4.69, 9.17) is 10.1 Å². The summed E-state index contributed by atoms with van der Waals surface area (Å²) in [5, 5.41) is 11.5. The molecular weight excluding hydrogens is 406 g/mol. The number of amides is 1. The van der Waals surface area contributed by atoms with Gasteiger partial charge in [0.2, 0.25) is 0 Å². The molecule has 0 spiro atoms. The largest absolute Gasteiger partial charge is 0.298 e. The maximum atomic E-state index is 13.2. The number of amidine groups is 1. The van der Waals surface area contributed by atoms with Gasteiger partial charge in [-0.05, 0) is 37.6 Å². The molecule has 5 rings (SSSR count). The Hall–Kier alpha value is -3.45. The summed E-state index contributed by atoms with van der Waals surface area (Å²) < 4.78 is 0. The van der Waals surface area contributed by atoms with Crippen LogP contribution in [0.5, 0.6) is 0 Å². The van der Waals surface area contributed by atoms with Gasteiger partial charge in [-0.2, -0.15) is 0 Å². The fraction of sp³-hybridized carbons (Fsp3) is 0.167. The van der Waals surface area contributed by atoms with Crippen LogP contribution in [0.3, 0.4) is 0 Å². The molecule has 2 aromatic carbocycles. The van der Waals surface area contributed by atoms with Gasteiger partial charge in [-0.25, -0.2) is 5.01 Å². The number of benzene rings is 2. The van der Waals surface area contributed by atoms with Crippen molar-refractivity contribution in [2.45, 2.75) is 25.8 Å². The molecular formula is C24H21N5OS. The van der Waals surface area contributed by atoms with E-state index in [0.717, 1.165) is 22.0 Å². The quantitative estimate of drug-likeness (QED) is 0.698. The first kappa shape index (κ1) is 19.5. The number of pyridine rings is 1. The molecule has 1 atom stereocenters. The standard InChI is InChI=1S/C24H21N5OS/c1-15-10-12-17(13-11-15)14-31-24-27-23(30)21-18-7-3-4-8-19(18)26-22(29(21)28-24)20-9-5-6-16(2)25-20/h3-13,22H,14H2,1-2H3,(H,27,28,30)/t22-/m0/s1. The number of hydrogen-bond acceptors (Lipinski definition) is 6. The monoisotopic (exact) mass is 427 g/mol. The lowest BCUT2D eigenvalue weighted by Crippen LogP contribution is -2.50. The summed E-state index contributed by atoms with van der Waals surface area (Å²) in [6.07, 6.45) is -0.495. The van der Waals surface area contributed by atoms with E-state index >= 15 is 0 Å². The number of nitrogens with zero attached hydrogens (tertiary/aromatic N) is 4. The van der Waals surface area contributed by atoms with Crippen molar-refractivity contribution >= 4 is 28.5 Å². The molecule has 0 unspecified atom stereocenters. The van der Waals surface area contributed by atoms with Gasteiger partial charge in [0, 0.05) is 16.7 Å². The van der Waals surface area contributed by atoms with E-state index in [1.165, 1.54) is 22.9 Å². The number of thioether (sulfide) groups is 1. The first-order chi connectivity index (χ1) is 15.1. The molecule has 2 aliphatic heterocycles. The molecule has 6 nitrogen and oxygen atoms in total. The van der Waals surface area contributed by atoms with Crippen LogP contribution in [-0.4, -0.2) is 21.1 Å². The number of nitrogens with one attached hydrogen (secondary N) is 1. The van der Waals surface area contributed by atoms with Crippen molar-refractivity contribution < 1.29 is 4.79 Å². The molecule has 154 valence electrons. The third-order valence-electron chi connectivity index (χ3n) is 5.19. The number of aryl methyl sites for hydroxylation is 2. The van der Waals surface area contributed by atoms with E-state index < -0.39 is 6.17 Å². The predicted molar refractivity (Wildman–Crippen MR) is 122 cm³/mol. The van der Waals surface area contributed by atoms with Crippen molar-refractivity contribution in [1.82, 2.24) is 15.3 Å². The van der Waals surface area contributed by atoms with Crippen LogP contribution in [0, 0.1) is 13.8 Å². The highest BCUT2D eigenvalue weighted by molar-refractivity contribution is 8.13. The van der Waals surface area contributed by atoms with Crippen LogP contribution < -0.4 is 15.9 Å². The Morgan fingerprint density at radius 3 is 2.61 bits per heavy atom. The molecule has 0 saturated heterocycles. The number of para-hydroxylation sites is 1. The second-order valence-corrected chi connectivity index (χ2v) is 8.51. The van der Waals surface area contributed by atoms with Gasteiger partial charge >= 0.3 is 0 Å². The number of fused-ring (bicyclic) bond motifs is 2. The summed E-state index contributed by atoms with van der Waals surface area (Å²) in [5.41, 5.74) is 4.55. The van der Waals surface area contributed by atoms with Crippen molar-refractivity contribution in [3.05, 3.63) is 99.8 Å². The van der Waals surface area contributed by atoms with Crippen LogP contribution >= 0.6 is 11.8 Å². The molecule has 0 fully saturated rings. The maximum absolute atomic E-state index is 13.2. The van der Waals surface area contributed by atoms with Crippen LogP contribution in [0.4, 0.5) is 0 Å². The molecule has 3 heterocycles. The van der Waals surface area contributed by atoms with Crippen LogP contribution in [0.25, 0.3) is 5.70 Å². The second kappa shape index (κ2) is 8.00. The molecule has 1 amide bonds. The fourth-order valence-electron chi connectivity index (χ4n) is 3.63. The zero-order chi connectivity index (χ0) is 21.4. The highest BCUT2D eigenvalue weighted by Crippen LogP contribution is 2.30. The minimum absolute atomic E-state index is 0.179. The number of carbonyl (C=O) groups excluding carboxylic acids is 1. The number of hydrogen-bond donors (Lipinski definition) is 1. The van der Waals surface area contributed by atoms with Gasteiger partial charge in [0.25, 0.3) is 5.91 Å². The molecule has 31 heavy (non-hydrogen) atoms. The Morgan fingerprint density at radius 2 is 1.81 bits per heavy atom. The first-order valence-electron chi connectivity index (χ1n) is 10.1. The van der Waals surface area contributed by atoms with Gasteiger partial charge in [0.1, 0.15) is 5.70 Å². The van der Waals surface area contributed by atoms with Crippen LogP contribution in [0.2, 0.25) is 0 Å². The van der Waals surface area contributed by atoms with Crippen molar-refractivity contribution in [3.8, 4) is 0 Å². The molecule has 0 radical (unpaired) electrons. The van der Waals surface area contributed by atoms with Crippen molar-refractivity contribution in [2.24, 2.45) is 10.1 Å². The number of aromatic nitrogens is 1. The Kier molecular flexibility index (Phi) is 5.03. The highest BCUT2D eigenvalue weighted by atomic mass is 32.2. The van der Waals surface area contributed by atoms with E-state index in [1.807, 2.05) is 49.4 Å². The Morgan fingerprint density at radius 1 is 1.00 bits per heavy atom. The smallest absolute Gasteiger partial charge is 0.276 e. The average molecular weight is 428 g/mol. The third-order valence-corrected chi connectivity index (χ3v) is 6.12. The topological polar surface area (TPSA) is 70.0 Å². The highest BCUT2D eigenvalue weighted by Gasteiger charge is 2.35. The van der Waals surface area contributed by atoms with Crippen LogP contribution in [-0.2, 0) is 10.5 Å². The van der Waals surface area contributed by atoms with Crippen molar-refractivity contribution in [3.63, 3.8) is 0 Å². The zero-order valence-corrected chi connectivity index (χ0v) is 18.1. The lowest BCUT2D eigenvalue weighted by atomic mass is 10.1. The van der Waals surface area contributed by atoms with Gasteiger partial charge in [-0.3, -0.25) is 20.1 Å². The number of hydrazone groups is 1. The van der Waals surface area contributed by atoms with Crippen LogP contribution in [0.1, 0.15) is 28.7 Å². The average Bonchev–Trinajstić information content (AvgIpc) is 2.78.